The monoisotopic (exact) mass is 515 g/mol. The van der Waals surface area contributed by atoms with Crippen molar-refractivity contribution in [3.8, 4) is 39.7 Å². The Morgan fingerprint density at radius 3 is 2.05 bits per heavy atom. The molecule has 6 heteroatoms. The van der Waals surface area contributed by atoms with Crippen LogP contribution in [0.5, 0.6) is 11.5 Å². The third-order valence-electron chi connectivity index (χ3n) is 6.27. The van der Waals surface area contributed by atoms with Crippen molar-refractivity contribution < 1.29 is 14.3 Å². The van der Waals surface area contributed by atoms with E-state index in [4.69, 9.17) is 9.47 Å². The molecule has 0 saturated carbocycles. The normalized spacial score (nSPS) is 10.9. The lowest BCUT2D eigenvalue weighted by atomic mass is 10.1. The summed E-state index contributed by atoms with van der Waals surface area (Å²) in [5.41, 5.74) is 9.05. The maximum absolute atomic E-state index is 12.7. The number of ether oxygens (including phenoxy) is 2. The highest BCUT2D eigenvalue weighted by Crippen LogP contribution is 2.35. The highest BCUT2D eigenvalue weighted by molar-refractivity contribution is 5.97. The van der Waals surface area contributed by atoms with Crippen LogP contribution < -0.4 is 14.9 Å². The minimum absolute atomic E-state index is 0.301. The molecule has 0 aliphatic rings. The van der Waals surface area contributed by atoms with Gasteiger partial charge in [-0.1, -0.05) is 60.7 Å². The Morgan fingerprint density at radius 2 is 1.44 bits per heavy atom. The molecule has 39 heavy (non-hydrogen) atoms. The molecule has 1 amide bonds. The number of hydrogen-bond donors (Lipinski definition) is 1. The Hall–Kier alpha value is -5.10. The van der Waals surface area contributed by atoms with Crippen LogP contribution in [-0.4, -0.2) is 30.4 Å². The fourth-order valence-corrected chi connectivity index (χ4v) is 4.43. The summed E-state index contributed by atoms with van der Waals surface area (Å²) in [6.45, 7) is 2.58. The molecule has 6 nitrogen and oxygen atoms in total. The quantitative estimate of drug-likeness (QED) is 0.170. The second-order valence-corrected chi connectivity index (χ2v) is 8.76. The van der Waals surface area contributed by atoms with Crippen LogP contribution in [0.15, 0.2) is 120 Å². The van der Waals surface area contributed by atoms with Gasteiger partial charge in [-0.15, -0.1) is 0 Å². The summed E-state index contributed by atoms with van der Waals surface area (Å²) in [5, 5.41) is 4.34. The second kappa shape index (κ2) is 12.0. The summed E-state index contributed by atoms with van der Waals surface area (Å²) >= 11 is 0. The van der Waals surface area contributed by atoms with Crippen molar-refractivity contribution in [2.75, 3.05) is 13.7 Å². The van der Waals surface area contributed by atoms with E-state index in [0.29, 0.717) is 17.9 Å². The lowest BCUT2D eigenvalue weighted by molar-refractivity contribution is 0.0955. The third-order valence-corrected chi connectivity index (χ3v) is 6.27. The number of methoxy groups -OCH3 is 1. The average molecular weight is 516 g/mol. The molecule has 194 valence electrons. The molecule has 0 unspecified atom stereocenters. The van der Waals surface area contributed by atoms with E-state index in [2.05, 4.69) is 57.6 Å². The molecule has 1 heterocycles. The Balaban J connectivity index is 1.59. The lowest BCUT2D eigenvalue weighted by Gasteiger charge is -2.15. The van der Waals surface area contributed by atoms with Crippen molar-refractivity contribution >= 4 is 12.1 Å². The van der Waals surface area contributed by atoms with E-state index in [0.717, 1.165) is 39.5 Å². The van der Waals surface area contributed by atoms with Gasteiger partial charge in [-0.2, -0.15) is 5.10 Å². The summed E-state index contributed by atoms with van der Waals surface area (Å²) < 4.78 is 13.1. The van der Waals surface area contributed by atoms with Crippen molar-refractivity contribution in [1.29, 1.82) is 0 Å². The number of aromatic nitrogens is 1. The fourth-order valence-electron chi connectivity index (χ4n) is 4.43. The molecule has 0 saturated heterocycles. The second-order valence-electron chi connectivity index (χ2n) is 8.76. The van der Waals surface area contributed by atoms with Crippen LogP contribution in [-0.2, 0) is 0 Å². The van der Waals surface area contributed by atoms with E-state index in [1.165, 1.54) is 0 Å². The molecule has 4 aromatic carbocycles. The molecule has 0 aliphatic carbocycles. The summed E-state index contributed by atoms with van der Waals surface area (Å²) in [7, 11) is 1.59. The van der Waals surface area contributed by atoms with Gasteiger partial charge in [0.2, 0.25) is 0 Å². The van der Waals surface area contributed by atoms with Gasteiger partial charge >= 0.3 is 0 Å². The van der Waals surface area contributed by atoms with Gasteiger partial charge in [0.25, 0.3) is 5.91 Å². The molecule has 5 aromatic rings. The molecular formula is C33H29N3O3. The van der Waals surface area contributed by atoms with Crippen molar-refractivity contribution in [1.82, 2.24) is 9.99 Å². The summed E-state index contributed by atoms with van der Waals surface area (Å²) in [5.74, 6) is 1.20. The van der Waals surface area contributed by atoms with E-state index < -0.39 is 0 Å². The zero-order valence-corrected chi connectivity index (χ0v) is 21.9. The van der Waals surface area contributed by atoms with Crippen LogP contribution in [0.25, 0.3) is 28.2 Å². The summed E-state index contributed by atoms with van der Waals surface area (Å²) in [6.07, 6.45) is 1.70. The van der Waals surface area contributed by atoms with Gasteiger partial charge in [0, 0.05) is 16.8 Å². The predicted octanol–water partition coefficient (Wildman–Crippen LogP) is 6.98. The molecule has 0 aliphatic heterocycles. The third kappa shape index (κ3) is 5.75. The molecule has 0 spiro atoms. The Labute approximate surface area is 228 Å². The summed E-state index contributed by atoms with van der Waals surface area (Å²) in [6, 6.07) is 37.4. The first-order valence-electron chi connectivity index (χ1n) is 12.7. The Bertz CT molecular complexity index is 1560. The van der Waals surface area contributed by atoms with Crippen LogP contribution in [0.2, 0.25) is 0 Å². The molecule has 0 atom stereocenters. The molecule has 0 fully saturated rings. The molecule has 0 radical (unpaired) electrons. The smallest absolute Gasteiger partial charge is 0.271 e. The van der Waals surface area contributed by atoms with Gasteiger partial charge in [-0.3, -0.25) is 4.79 Å². The number of nitrogens with one attached hydrogen (secondary N) is 1. The van der Waals surface area contributed by atoms with Gasteiger partial charge in [0.1, 0.15) is 11.5 Å². The topological polar surface area (TPSA) is 64.8 Å². The first kappa shape index (κ1) is 25.5. The average Bonchev–Trinajstić information content (AvgIpc) is 3.38. The Morgan fingerprint density at radius 1 is 0.821 bits per heavy atom. The van der Waals surface area contributed by atoms with Crippen LogP contribution in [0.3, 0.4) is 0 Å². The number of carbonyl (C=O) groups is 1. The van der Waals surface area contributed by atoms with Gasteiger partial charge in [-0.05, 0) is 72.6 Å². The minimum atomic E-state index is -0.301. The minimum Gasteiger partial charge on any atom is -0.497 e. The molecule has 1 N–H and O–H groups in total. The maximum atomic E-state index is 12.7. The number of benzene rings is 4. The predicted molar refractivity (Wildman–Crippen MR) is 156 cm³/mol. The largest absolute Gasteiger partial charge is 0.497 e. The number of nitrogens with zero attached hydrogens (tertiary/aromatic N) is 2. The van der Waals surface area contributed by atoms with Crippen LogP contribution in [0.1, 0.15) is 22.8 Å². The van der Waals surface area contributed by atoms with Gasteiger partial charge in [0.15, 0.2) is 0 Å². The van der Waals surface area contributed by atoms with E-state index >= 15 is 0 Å². The maximum Gasteiger partial charge on any atom is 0.271 e. The zero-order chi connectivity index (χ0) is 27.0. The molecular weight excluding hydrogens is 486 g/mol. The van der Waals surface area contributed by atoms with Crippen molar-refractivity contribution in [3.63, 3.8) is 0 Å². The number of rotatable bonds is 9. The standard InChI is InChI=1S/C33H29N3O3/c1-3-39-30-20-16-28(17-21-30)36-31(24-10-6-4-7-11-24)22-27(32(36)25-12-8-5-9-13-25)23-34-35-33(37)26-14-18-29(38-2)19-15-26/h4-23H,3H2,1-2H3,(H,35,37)/b34-23-. The van der Waals surface area contributed by atoms with Gasteiger partial charge in [-0.25, -0.2) is 5.43 Å². The van der Waals surface area contributed by atoms with E-state index in [-0.39, 0.29) is 5.91 Å². The molecule has 5 rings (SSSR count). The van der Waals surface area contributed by atoms with Crippen LogP contribution in [0, 0.1) is 0 Å². The molecule has 0 bridgehead atoms. The van der Waals surface area contributed by atoms with E-state index in [1.807, 2.05) is 55.5 Å². The van der Waals surface area contributed by atoms with E-state index in [1.54, 1.807) is 37.6 Å². The SMILES string of the molecule is CCOc1ccc(-n2c(-c3ccccc3)cc(/C=N\NC(=O)c3ccc(OC)cc3)c2-c2ccccc2)cc1. The lowest BCUT2D eigenvalue weighted by Crippen LogP contribution is -2.17. The van der Waals surface area contributed by atoms with Crippen molar-refractivity contribution in [3.05, 3.63) is 126 Å². The fraction of sp³-hybridized carbons (Fsp3) is 0.0909. The number of amides is 1. The highest BCUT2D eigenvalue weighted by atomic mass is 16.5. The first-order valence-corrected chi connectivity index (χ1v) is 12.7. The molecule has 1 aromatic heterocycles. The Kier molecular flexibility index (Phi) is 7.84. The highest BCUT2D eigenvalue weighted by Gasteiger charge is 2.19. The van der Waals surface area contributed by atoms with E-state index in [9.17, 15) is 4.79 Å². The summed E-state index contributed by atoms with van der Waals surface area (Å²) in [4.78, 5) is 12.7. The van der Waals surface area contributed by atoms with Crippen molar-refractivity contribution in [2.24, 2.45) is 5.10 Å². The first-order chi connectivity index (χ1) is 19.2. The number of hydrazone groups is 1. The zero-order valence-electron chi connectivity index (χ0n) is 21.9. The van der Waals surface area contributed by atoms with Gasteiger partial charge in [0.05, 0.1) is 31.3 Å². The van der Waals surface area contributed by atoms with Crippen LogP contribution >= 0.6 is 0 Å². The number of hydrogen-bond acceptors (Lipinski definition) is 4. The van der Waals surface area contributed by atoms with Crippen LogP contribution in [0.4, 0.5) is 0 Å². The van der Waals surface area contributed by atoms with Crippen molar-refractivity contribution in [2.45, 2.75) is 6.92 Å². The number of carbonyl (C=O) groups excluding carboxylic acids is 1. The van der Waals surface area contributed by atoms with Gasteiger partial charge < -0.3 is 14.0 Å².